The zero-order valence-corrected chi connectivity index (χ0v) is 13.4. The van der Waals surface area contributed by atoms with Gasteiger partial charge in [0.15, 0.2) is 15.6 Å². The third-order valence-corrected chi connectivity index (χ3v) is 4.55. The Morgan fingerprint density at radius 1 is 0.958 bits per heavy atom. The highest BCUT2D eigenvalue weighted by Gasteiger charge is 2.22. The molecule has 0 bridgehead atoms. The molecule has 1 heterocycles. The number of oxazole rings is 1. The van der Waals surface area contributed by atoms with Crippen LogP contribution in [0.25, 0.3) is 22.6 Å². The van der Waals surface area contributed by atoms with Crippen molar-refractivity contribution >= 4 is 9.84 Å². The minimum Gasteiger partial charge on any atom is -0.435 e. The Labute approximate surface area is 137 Å². The highest BCUT2D eigenvalue weighted by atomic mass is 32.2. The molecule has 2 aromatic carbocycles. The fourth-order valence-corrected chi connectivity index (χ4v) is 2.90. The maximum atomic E-state index is 13.0. The third-order valence-electron chi connectivity index (χ3n) is 3.42. The summed E-state index contributed by atoms with van der Waals surface area (Å²) in [7, 11) is -3.34. The van der Waals surface area contributed by atoms with Crippen LogP contribution in [-0.4, -0.2) is 19.7 Å². The average molecular weight is 349 g/mol. The number of halogens is 2. The van der Waals surface area contributed by atoms with E-state index in [0.29, 0.717) is 11.1 Å². The summed E-state index contributed by atoms with van der Waals surface area (Å²) in [5, 5.41) is 0. The second-order valence-electron chi connectivity index (χ2n) is 5.19. The van der Waals surface area contributed by atoms with Crippen LogP contribution in [0.4, 0.5) is 8.78 Å². The van der Waals surface area contributed by atoms with E-state index in [1.165, 1.54) is 24.3 Å². The van der Waals surface area contributed by atoms with Gasteiger partial charge < -0.3 is 4.42 Å². The number of sulfone groups is 1. The van der Waals surface area contributed by atoms with Crippen molar-refractivity contribution in [2.24, 2.45) is 0 Å². The van der Waals surface area contributed by atoms with E-state index in [9.17, 15) is 17.2 Å². The van der Waals surface area contributed by atoms with E-state index in [-0.39, 0.29) is 16.3 Å². The lowest BCUT2D eigenvalue weighted by Crippen LogP contribution is -1.96. The minimum absolute atomic E-state index is 0.140. The van der Waals surface area contributed by atoms with Gasteiger partial charge in [-0.1, -0.05) is 30.3 Å². The van der Waals surface area contributed by atoms with E-state index in [1.807, 2.05) is 0 Å². The molecule has 0 aliphatic carbocycles. The summed E-state index contributed by atoms with van der Waals surface area (Å²) in [5.41, 5.74) is 1.40. The second-order valence-corrected chi connectivity index (χ2v) is 7.21. The van der Waals surface area contributed by atoms with Gasteiger partial charge in [0.1, 0.15) is 5.69 Å². The van der Waals surface area contributed by atoms with Gasteiger partial charge in [0.25, 0.3) is 5.89 Å². The first-order valence-corrected chi connectivity index (χ1v) is 8.90. The Balaban J connectivity index is 2.13. The molecule has 0 saturated heterocycles. The molecule has 24 heavy (non-hydrogen) atoms. The van der Waals surface area contributed by atoms with Crippen LogP contribution in [0.5, 0.6) is 0 Å². The van der Waals surface area contributed by atoms with Crippen LogP contribution in [0.15, 0.2) is 63.9 Å². The predicted molar refractivity (Wildman–Crippen MR) is 85.4 cm³/mol. The zero-order chi connectivity index (χ0) is 17.3. The Morgan fingerprint density at radius 3 is 2.12 bits per heavy atom. The first-order valence-electron chi connectivity index (χ1n) is 7.01. The van der Waals surface area contributed by atoms with Gasteiger partial charge in [0.05, 0.1) is 4.90 Å². The maximum Gasteiger partial charge on any atom is 0.313 e. The summed E-state index contributed by atoms with van der Waals surface area (Å²) in [6.45, 7) is 0. The van der Waals surface area contributed by atoms with Gasteiger partial charge in [-0.2, -0.15) is 8.78 Å². The molecule has 124 valence electrons. The quantitative estimate of drug-likeness (QED) is 0.702. The van der Waals surface area contributed by atoms with Crippen LogP contribution >= 0.6 is 0 Å². The Morgan fingerprint density at radius 2 is 1.58 bits per heavy atom. The Hall–Kier alpha value is -2.54. The Bertz CT molecular complexity index is 949. The highest BCUT2D eigenvalue weighted by molar-refractivity contribution is 7.90. The molecular formula is C17H13F2NO3S. The van der Waals surface area contributed by atoms with Gasteiger partial charge in [0, 0.05) is 17.4 Å². The van der Waals surface area contributed by atoms with Gasteiger partial charge in [0.2, 0.25) is 0 Å². The van der Waals surface area contributed by atoms with E-state index >= 15 is 0 Å². The summed E-state index contributed by atoms with van der Waals surface area (Å²) in [6, 6.07) is 14.7. The second kappa shape index (κ2) is 6.16. The molecule has 0 aliphatic rings. The van der Waals surface area contributed by atoms with Gasteiger partial charge in [-0.25, -0.2) is 13.4 Å². The number of benzene rings is 2. The molecule has 0 atom stereocenters. The molecule has 0 saturated carbocycles. The molecule has 3 aromatic rings. The molecule has 0 spiro atoms. The number of alkyl halides is 2. The first-order chi connectivity index (χ1) is 11.4. The van der Waals surface area contributed by atoms with E-state index in [4.69, 9.17) is 4.42 Å². The maximum absolute atomic E-state index is 13.0. The number of hydrogen-bond acceptors (Lipinski definition) is 4. The molecule has 1 aromatic heterocycles. The molecule has 3 rings (SSSR count). The van der Waals surface area contributed by atoms with Crippen molar-refractivity contribution in [2.45, 2.75) is 11.3 Å². The highest BCUT2D eigenvalue weighted by Crippen LogP contribution is 2.35. The largest absolute Gasteiger partial charge is 0.435 e. The monoisotopic (exact) mass is 349 g/mol. The van der Waals surface area contributed by atoms with Crippen molar-refractivity contribution in [3.63, 3.8) is 0 Å². The number of aromatic nitrogens is 1. The van der Waals surface area contributed by atoms with Gasteiger partial charge in [-0.3, -0.25) is 0 Å². The fraction of sp³-hybridized carbons (Fsp3) is 0.118. The standard InChI is InChI=1S/C17H13F2NO3S/c1-24(21,22)13-9-7-12(8-10-13)15-14(11-5-3-2-4-6-11)20-17(23-15)16(18)19/h2-10,16H,1H3. The van der Waals surface area contributed by atoms with Crippen LogP contribution in [0.2, 0.25) is 0 Å². The van der Waals surface area contributed by atoms with Crippen molar-refractivity contribution in [1.29, 1.82) is 0 Å². The van der Waals surface area contributed by atoms with E-state index in [0.717, 1.165) is 6.26 Å². The van der Waals surface area contributed by atoms with Crippen molar-refractivity contribution in [3.8, 4) is 22.6 Å². The van der Waals surface area contributed by atoms with Crippen molar-refractivity contribution < 1.29 is 21.6 Å². The van der Waals surface area contributed by atoms with Crippen LogP contribution in [0, 0.1) is 0 Å². The van der Waals surface area contributed by atoms with Crippen molar-refractivity contribution in [3.05, 3.63) is 60.5 Å². The van der Waals surface area contributed by atoms with Crippen molar-refractivity contribution in [2.75, 3.05) is 6.26 Å². The molecule has 4 nitrogen and oxygen atoms in total. The zero-order valence-electron chi connectivity index (χ0n) is 12.6. The van der Waals surface area contributed by atoms with Crippen molar-refractivity contribution in [1.82, 2.24) is 4.98 Å². The Kier molecular flexibility index (Phi) is 4.19. The summed E-state index contributed by atoms with van der Waals surface area (Å²) < 4.78 is 54.2. The van der Waals surface area contributed by atoms with E-state index < -0.39 is 22.2 Å². The molecule has 7 heteroatoms. The van der Waals surface area contributed by atoms with E-state index in [2.05, 4.69) is 4.98 Å². The summed E-state index contributed by atoms with van der Waals surface area (Å²) >= 11 is 0. The lowest BCUT2D eigenvalue weighted by molar-refractivity contribution is 0.116. The predicted octanol–water partition coefficient (Wildman–Crippen LogP) is 4.35. The smallest absolute Gasteiger partial charge is 0.313 e. The summed E-state index contributed by atoms with van der Waals surface area (Å²) in [6.07, 6.45) is -1.74. The topological polar surface area (TPSA) is 60.2 Å². The minimum atomic E-state index is -3.34. The lowest BCUT2D eigenvalue weighted by atomic mass is 10.1. The molecule has 0 N–H and O–H groups in total. The van der Waals surface area contributed by atoms with E-state index in [1.54, 1.807) is 30.3 Å². The number of hydrogen-bond donors (Lipinski definition) is 0. The van der Waals surface area contributed by atoms with Crippen LogP contribution < -0.4 is 0 Å². The lowest BCUT2D eigenvalue weighted by Gasteiger charge is -2.03. The molecule has 0 radical (unpaired) electrons. The molecule has 0 fully saturated rings. The van der Waals surface area contributed by atoms with Crippen LogP contribution in [-0.2, 0) is 9.84 Å². The first kappa shape index (κ1) is 16.3. The number of rotatable bonds is 4. The third kappa shape index (κ3) is 3.21. The molecule has 0 unspecified atom stereocenters. The summed E-state index contributed by atoms with van der Waals surface area (Å²) in [4.78, 5) is 4.03. The van der Waals surface area contributed by atoms with Crippen LogP contribution in [0.3, 0.4) is 0 Å². The average Bonchev–Trinajstić information content (AvgIpc) is 3.00. The molecule has 0 aliphatic heterocycles. The summed E-state index contributed by atoms with van der Waals surface area (Å²) in [5.74, 6) is -0.493. The fourth-order valence-electron chi connectivity index (χ4n) is 2.27. The number of nitrogens with zero attached hydrogens (tertiary/aromatic N) is 1. The molecule has 0 amide bonds. The van der Waals surface area contributed by atoms with Crippen LogP contribution in [0.1, 0.15) is 12.3 Å². The van der Waals surface area contributed by atoms with Gasteiger partial charge in [-0.05, 0) is 24.3 Å². The SMILES string of the molecule is CS(=O)(=O)c1ccc(-c2oc(C(F)F)nc2-c2ccccc2)cc1. The van der Waals surface area contributed by atoms with Gasteiger partial charge in [-0.15, -0.1) is 0 Å². The molecular weight excluding hydrogens is 336 g/mol. The normalized spacial score (nSPS) is 11.8. The van der Waals surface area contributed by atoms with Gasteiger partial charge >= 0.3 is 6.43 Å².